The Kier molecular flexibility index (Phi) is 8.77. The highest BCUT2D eigenvalue weighted by atomic mass is 16.5. The number of hydrogen-bond donors (Lipinski definition) is 2. The van der Waals surface area contributed by atoms with Crippen molar-refractivity contribution in [2.75, 3.05) is 19.8 Å². The van der Waals surface area contributed by atoms with Gasteiger partial charge in [0.05, 0.1) is 6.61 Å². The maximum Gasteiger partial charge on any atom is 0.312 e. The summed E-state index contributed by atoms with van der Waals surface area (Å²) in [6, 6.07) is -0.491. The highest BCUT2D eigenvalue weighted by Crippen LogP contribution is 1.98. The Hall–Kier alpha value is -0.770. The topological polar surface area (TPSA) is 64.3 Å². The number of nitrogens with two attached hydrogens (primary N) is 1. The van der Waals surface area contributed by atoms with Crippen LogP contribution >= 0.6 is 0 Å². The summed E-state index contributed by atoms with van der Waals surface area (Å²) in [7, 11) is 0. The number of ether oxygens (including phenoxy) is 1. The summed E-state index contributed by atoms with van der Waals surface area (Å²) in [5, 5.41) is 2.46. The summed E-state index contributed by atoms with van der Waals surface area (Å²) in [4.78, 5) is 10.2. The molecule has 0 bridgehead atoms. The van der Waals surface area contributed by atoms with Gasteiger partial charge in [0, 0.05) is 13.2 Å². The van der Waals surface area contributed by atoms with Crippen molar-refractivity contribution in [2.24, 2.45) is 5.73 Å². The van der Waals surface area contributed by atoms with E-state index in [0.29, 0.717) is 13.2 Å². The first-order valence-corrected chi connectivity index (χ1v) is 4.88. The summed E-state index contributed by atoms with van der Waals surface area (Å²) in [6.45, 7) is 4.01. The number of unbranched alkanes of at least 4 members (excludes halogenated alkanes) is 3. The lowest BCUT2D eigenvalue weighted by molar-refractivity contribution is 0.132. The second-order valence-electron chi connectivity index (χ2n) is 2.96. The quantitative estimate of drug-likeness (QED) is 0.563. The second kappa shape index (κ2) is 9.32. The van der Waals surface area contributed by atoms with E-state index >= 15 is 0 Å². The lowest BCUT2D eigenvalue weighted by Crippen LogP contribution is -2.32. The Labute approximate surface area is 79.8 Å². The average molecular weight is 188 g/mol. The van der Waals surface area contributed by atoms with Gasteiger partial charge < -0.3 is 15.8 Å². The molecule has 0 fully saturated rings. The fourth-order valence-electron chi connectivity index (χ4n) is 0.979. The largest absolute Gasteiger partial charge is 0.380 e. The molecule has 2 amide bonds. The van der Waals surface area contributed by atoms with Gasteiger partial charge in [-0.25, -0.2) is 4.79 Å². The van der Waals surface area contributed by atoms with Crippen molar-refractivity contribution in [3.05, 3.63) is 0 Å². The predicted molar refractivity (Wildman–Crippen MR) is 52.5 cm³/mol. The maximum absolute atomic E-state index is 10.2. The van der Waals surface area contributed by atoms with E-state index in [1.54, 1.807) is 0 Å². The molecule has 0 aliphatic carbocycles. The monoisotopic (exact) mass is 188 g/mol. The van der Waals surface area contributed by atoms with Crippen LogP contribution in [0.25, 0.3) is 0 Å². The number of primary amides is 1. The Morgan fingerprint density at radius 3 is 2.69 bits per heavy atom. The molecular formula is C9H20N2O2. The normalized spacial score (nSPS) is 9.92. The van der Waals surface area contributed by atoms with Gasteiger partial charge in [0.25, 0.3) is 0 Å². The molecule has 0 unspecified atom stereocenters. The molecule has 0 radical (unpaired) electrons. The summed E-state index contributed by atoms with van der Waals surface area (Å²) in [5.41, 5.74) is 4.87. The van der Waals surface area contributed by atoms with Crippen LogP contribution in [-0.4, -0.2) is 25.8 Å². The van der Waals surface area contributed by atoms with Crippen LogP contribution in [0.3, 0.4) is 0 Å². The van der Waals surface area contributed by atoms with Crippen molar-refractivity contribution in [1.82, 2.24) is 5.32 Å². The molecule has 0 rings (SSSR count). The molecule has 4 heteroatoms. The zero-order valence-electron chi connectivity index (χ0n) is 8.34. The van der Waals surface area contributed by atoms with Gasteiger partial charge >= 0.3 is 6.03 Å². The Balaban J connectivity index is 2.87. The van der Waals surface area contributed by atoms with E-state index < -0.39 is 6.03 Å². The van der Waals surface area contributed by atoms with Gasteiger partial charge in [-0.15, -0.1) is 0 Å². The van der Waals surface area contributed by atoms with E-state index in [1.165, 1.54) is 19.3 Å². The molecule has 0 heterocycles. The minimum absolute atomic E-state index is 0.491. The molecule has 13 heavy (non-hydrogen) atoms. The minimum atomic E-state index is -0.491. The summed E-state index contributed by atoms with van der Waals surface area (Å²) >= 11 is 0. The lowest BCUT2D eigenvalue weighted by Gasteiger charge is -2.03. The number of urea groups is 1. The zero-order valence-corrected chi connectivity index (χ0v) is 8.34. The van der Waals surface area contributed by atoms with Crippen LogP contribution < -0.4 is 11.1 Å². The third-order valence-corrected chi connectivity index (χ3v) is 1.69. The van der Waals surface area contributed by atoms with Gasteiger partial charge in [0.2, 0.25) is 0 Å². The first-order chi connectivity index (χ1) is 6.27. The van der Waals surface area contributed by atoms with Crippen molar-refractivity contribution in [2.45, 2.75) is 32.6 Å². The SMILES string of the molecule is CCCCCCOCCNC(N)=O. The molecule has 0 aromatic carbocycles. The summed E-state index contributed by atoms with van der Waals surface area (Å²) in [5.74, 6) is 0. The average Bonchev–Trinajstić information content (AvgIpc) is 2.09. The third kappa shape index (κ3) is 11.2. The van der Waals surface area contributed by atoms with E-state index in [9.17, 15) is 4.79 Å². The van der Waals surface area contributed by atoms with Gasteiger partial charge in [0.15, 0.2) is 0 Å². The van der Waals surface area contributed by atoms with Crippen LogP contribution in [0.1, 0.15) is 32.6 Å². The molecule has 0 spiro atoms. The van der Waals surface area contributed by atoms with Crippen LogP contribution in [0.5, 0.6) is 0 Å². The van der Waals surface area contributed by atoms with E-state index in [4.69, 9.17) is 10.5 Å². The fraction of sp³-hybridized carbons (Fsp3) is 0.889. The number of amides is 2. The molecule has 0 aliphatic heterocycles. The van der Waals surface area contributed by atoms with E-state index in [1.807, 2.05) is 0 Å². The van der Waals surface area contributed by atoms with Crippen LogP contribution in [0.4, 0.5) is 4.79 Å². The molecule has 78 valence electrons. The number of nitrogens with one attached hydrogen (secondary N) is 1. The van der Waals surface area contributed by atoms with Gasteiger partial charge in [0.1, 0.15) is 0 Å². The lowest BCUT2D eigenvalue weighted by atomic mass is 10.2. The number of carbonyl (C=O) groups excluding carboxylic acids is 1. The van der Waals surface area contributed by atoms with Crippen LogP contribution in [0, 0.1) is 0 Å². The molecule has 0 aliphatic rings. The van der Waals surface area contributed by atoms with E-state index in [0.717, 1.165) is 13.0 Å². The van der Waals surface area contributed by atoms with Crippen molar-refractivity contribution in [3.8, 4) is 0 Å². The zero-order chi connectivity index (χ0) is 9.94. The van der Waals surface area contributed by atoms with Crippen LogP contribution in [0.15, 0.2) is 0 Å². The van der Waals surface area contributed by atoms with Crippen molar-refractivity contribution in [1.29, 1.82) is 0 Å². The van der Waals surface area contributed by atoms with E-state index in [2.05, 4.69) is 12.2 Å². The Bertz CT molecular complexity index is 129. The molecule has 0 saturated carbocycles. The van der Waals surface area contributed by atoms with Gasteiger partial charge in [-0.2, -0.15) is 0 Å². The first kappa shape index (κ1) is 12.2. The van der Waals surface area contributed by atoms with Gasteiger partial charge in [-0.1, -0.05) is 26.2 Å². The molecule has 0 saturated heterocycles. The highest BCUT2D eigenvalue weighted by molar-refractivity contribution is 5.71. The van der Waals surface area contributed by atoms with Gasteiger partial charge in [-0.05, 0) is 6.42 Å². The predicted octanol–water partition coefficient (Wildman–Crippen LogP) is 1.25. The Morgan fingerprint density at radius 1 is 1.31 bits per heavy atom. The standard InChI is InChI=1S/C9H20N2O2/c1-2-3-4-5-7-13-8-6-11-9(10)12/h2-8H2,1H3,(H3,10,11,12). The fourth-order valence-corrected chi connectivity index (χ4v) is 0.979. The van der Waals surface area contributed by atoms with Crippen LogP contribution in [-0.2, 0) is 4.74 Å². The number of hydrogen-bond acceptors (Lipinski definition) is 2. The Morgan fingerprint density at radius 2 is 2.08 bits per heavy atom. The van der Waals surface area contributed by atoms with Crippen LogP contribution in [0.2, 0.25) is 0 Å². The summed E-state index contributed by atoms with van der Waals surface area (Å²) < 4.78 is 5.26. The highest BCUT2D eigenvalue weighted by Gasteiger charge is 1.91. The molecule has 3 N–H and O–H groups in total. The smallest absolute Gasteiger partial charge is 0.312 e. The minimum Gasteiger partial charge on any atom is -0.380 e. The number of rotatable bonds is 8. The second-order valence-corrected chi connectivity index (χ2v) is 2.96. The molecule has 0 aromatic heterocycles. The molecule has 0 aromatic rings. The van der Waals surface area contributed by atoms with Crippen molar-refractivity contribution >= 4 is 6.03 Å². The molecule has 4 nitrogen and oxygen atoms in total. The first-order valence-electron chi connectivity index (χ1n) is 4.88. The number of carbonyl (C=O) groups is 1. The van der Waals surface area contributed by atoms with E-state index in [-0.39, 0.29) is 0 Å². The van der Waals surface area contributed by atoms with Gasteiger partial charge in [-0.3, -0.25) is 0 Å². The van der Waals surface area contributed by atoms with Crippen molar-refractivity contribution < 1.29 is 9.53 Å². The maximum atomic E-state index is 10.2. The molecule has 0 atom stereocenters. The molecular weight excluding hydrogens is 168 g/mol. The third-order valence-electron chi connectivity index (χ3n) is 1.69. The summed E-state index contributed by atoms with van der Waals surface area (Å²) in [6.07, 6.45) is 4.83. The van der Waals surface area contributed by atoms with Crippen molar-refractivity contribution in [3.63, 3.8) is 0 Å².